The van der Waals surface area contributed by atoms with Crippen LogP contribution in [0.3, 0.4) is 0 Å². The van der Waals surface area contributed by atoms with Crippen LogP contribution < -0.4 is 0 Å². The van der Waals surface area contributed by atoms with Crippen LogP contribution in [0.1, 0.15) is 57.0 Å². The fourth-order valence-electron chi connectivity index (χ4n) is 4.09. The van der Waals surface area contributed by atoms with E-state index in [0.717, 1.165) is 62.9 Å². The Balaban J connectivity index is 1.99. The Bertz CT molecular complexity index is 1020. The maximum Gasteiger partial charge on any atom is 0.122 e. The number of hydrogen-bond donors (Lipinski definition) is 3. The van der Waals surface area contributed by atoms with Crippen LogP contribution in [0.2, 0.25) is 0 Å². The van der Waals surface area contributed by atoms with Crippen molar-refractivity contribution in [2.45, 2.75) is 53.9 Å². The van der Waals surface area contributed by atoms with Crippen LogP contribution in [0.15, 0.2) is 36.4 Å². The van der Waals surface area contributed by atoms with Crippen molar-refractivity contribution in [2.75, 3.05) is 0 Å². The number of aryl methyl sites for hydroxylation is 5. The SMILES string of the molecule is CCc1cc(Cc2cc(C)c(O)c(C)c2)cc(Cc2cc(C)c(O)c(C)c2)c1O. The van der Waals surface area contributed by atoms with Crippen molar-refractivity contribution in [1.29, 1.82) is 0 Å². The molecule has 0 heterocycles. The highest BCUT2D eigenvalue weighted by molar-refractivity contribution is 5.50. The van der Waals surface area contributed by atoms with Crippen LogP contribution >= 0.6 is 0 Å². The number of phenols is 3. The molecule has 0 fully saturated rings. The van der Waals surface area contributed by atoms with Gasteiger partial charge in [0, 0.05) is 6.42 Å². The molecule has 0 aliphatic heterocycles. The molecule has 29 heavy (non-hydrogen) atoms. The van der Waals surface area contributed by atoms with Crippen LogP contribution in [0.5, 0.6) is 17.2 Å². The lowest BCUT2D eigenvalue weighted by molar-refractivity contribution is 0.462. The van der Waals surface area contributed by atoms with E-state index in [0.29, 0.717) is 23.7 Å². The number of aromatic hydroxyl groups is 3. The monoisotopic (exact) mass is 390 g/mol. The van der Waals surface area contributed by atoms with Gasteiger partial charge in [0.05, 0.1) is 0 Å². The normalized spacial score (nSPS) is 11.1. The summed E-state index contributed by atoms with van der Waals surface area (Å²) in [7, 11) is 0. The largest absolute Gasteiger partial charge is 0.507 e. The van der Waals surface area contributed by atoms with E-state index in [-0.39, 0.29) is 0 Å². The summed E-state index contributed by atoms with van der Waals surface area (Å²) in [5, 5.41) is 30.9. The first-order valence-electron chi connectivity index (χ1n) is 10.1. The minimum absolute atomic E-state index is 0.332. The molecule has 0 radical (unpaired) electrons. The van der Waals surface area contributed by atoms with E-state index in [2.05, 4.69) is 12.1 Å². The van der Waals surface area contributed by atoms with Gasteiger partial charge in [-0.25, -0.2) is 0 Å². The molecule has 152 valence electrons. The standard InChI is InChI=1S/C26H30O3/c1-6-22-12-21(11-19-7-15(2)24(27)16(3)8-19)14-23(26(22)29)13-20-9-17(4)25(28)18(5)10-20/h7-10,12,14,27-29H,6,11,13H2,1-5H3. The topological polar surface area (TPSA) is 60.7 Å². The van der Waals surface area contributed by atoms with Gasteiger partial charge in [-0.05, 0) is 90.6 Å². The van der Waals surface area contributed by atoms with E-state index in [1.54, 1.807) is 0 Å². The van der Waals surface area contributed by atoms with E-state index in [1.165, 1.54) is 0 Å². The highest BCUT2D eigenvalue weighted by Gasteiger charge is 2.13. The summed E-state index contributed by atoms with van der Waals surface area (Å²) in [6.07, 6.45) is 2.12. The van der Waals surface area contributed by atoms with Gasteiger partial charge in [0.1, 0.15) is 17.2 Å². The fourth-order valence-corrected chi connectivity index (χ4v) is 4.09. The Morgan fingerprint density at radius 3 is 1.34 bits per heavy atom. The van der Waals surface area contributed by atoms with Crippen molar-refractivity contribution >= 4 is 0 Å². The van der Waals surface area contributed by atoms with Gasteiger partial charge in [-0.2, -0.15) is 0 Å². The first kappa shape index (κ1) is 20.8. The molecule has 3 aromatic carbocycles. The predicted octanol–water partition coefficient (Wildman–Crippen LogP) is 5.78. The van der Waals surface area contributed by atoms with Crippen molar-refractivity contribution in [3.8, 4) is 17.2 Å². The van der Waals surface area contributed by atoms with E-state index in [4.69, 9.17) is 0 Å². The maximum atomic E-state index is 10.8. The molecule has 0 aliphatic rings. The summed E-state index contributed by atoms with van der Waals surface area (Å²) in [5.41, 5.74) is 8.66. The van der Waals surface area contributed by atoms with Crippen LogP contribution in [0, 0.1) is 27.7 Å². The van der Waals surface area contributed by atoms with E-state index in [9.17, 15) is 15.3 Å². The van der Waals surface area contributed by atoms with Crippen molar-refractivity contribution < 1.29 is 15.3 Å². The minimum Gasteiger partial charge on any atom is -0.507 e. The smallest absolute Gasteiger partial charge is 0.122 e. The molecule has 3 nitrogen and oxygen atoms in total. The summed E-state index contributed by atoms with van der Waals surface area (Å²) in [6.45, 7) is 9.68. The zero-order valence-corrected chi connectivity index (χ0v) is 17.9. The molecule has 0 unspecified atom stereocenters. The Labute approximate surface area is 173 Å². The van der Waals surface area contributed by atoms with Crippen molar-refractivity contribution in [3.05, 3.63) is 86.5 Å². The fraction of sp³-hybridized carbons (Fsp3) is 0.308. The first-order valence-corrected chi connectivity index (χ1v) is 10.1. The third-order valence-corrected chi connectivity index (χ3v) is 5.61. The lowest BCUT2D eigenvalue weighted by Gasteiger charge is -2.15. The Hall–Kier alpha value is -2.94. The number of rotatable bonds is 5. The van der Waals surface area contributed by atoms with E-state index < -0.39 is 0 Å². The summed E-state index contributed by atoms with van der Waals surface area (Å²) in [6, 6.07) is 12.1. The molecule has 0 aliphatic carbocycles. The van der Waals surface area contributed by atoms with Crippen LogP contribution in [0.25, 0.3) is 0 Å². The number of hydrogen-bond acceptors (Lipinski definition) is 3. The molecule has 3 aromatic rings. The van der Waals surface area contributed by atoms with Crippen LogP contribution in [0.4, 0.5) is 0 Å². The van der Waals surface area contributed by atoms with Gasteiger partial charge in [-0.1, -0.05) is 43.3 Å². The highest BCUT2D eigenvalue weighted by Crippen LogP contribution is 2.31. The number of benzene rings is 3. The lowest BCUT2D eigenvalue weighted by atomic mass is 9.92. The molecule has 0 atom stereocenters. The minimum atomic E-state index is 0.332. The maximum absolute atomic E-state index is 10.8. The van der Waals surface area contributed by atoms with Gasteiger partial charge in [0.15, 0.2) is 0 Å². The van der Waals surface area contributed by atoms with E-state index >= 15 is 0 Å². The van der Waals surface area contributed by atoms with E-state index in [1.807, 2.05) is 58.9 Å². The van der Waals surface area contributed by atoms with Crippen molar-refractivity contribution in [2.24, 2.45) is 0 Å². The Morgan fingerprint density at radius 2 is 0.897 bits per heavy atom. The molecule has 0 bridgehead atoms. The average Bonchev–Trinajstić information content (AvgIpc) is 2.66. The molecule has 3 N–H and O–H groups in total. The Morgan fingerprint density at radius 1 is 0.517 bits per heavy atom. The lowest BCUT2D eigenvalue weighted by Crippen LogP contribution is -1.99. The Kier molecular flexibility index (Phi) is 5.88. The molecule has 0 amide bonds. The highest BCUT2D eigenvalue weighted by atomic mass is 16.3. The molecule has 0 aromatic heterocycles. The summed E-state index contributed by atoms with van der Waals surface area (Å²) >= 11 is 0. The zero-order chi connectivity index (χ0) is 21.3. The second-order valence-electron chi connectivity index (χ2n) is 8.13. The third-order valence-electron chi connectivity index (χ3n) is 5.61. The second-order valence-corrected chi connectivity index (χ2v) is 8.13. The molecular formula is C26H30O3. The van der Waals surface area contributed by atoms with Gasteiger partial charge in [0.2, 0.25) is 0 Å². The second kappa shape index (κ2) is 8.20. The third kappa shape index (κ3) is 4.40. The predicted molar refractivity (Wildman–Crippen MR) is 118 cm³/mol. The van der Waals surface area contributed by atoms with Gasteiger partial charge < -0.3 is 15.3 Å². The molecule has 0 saturated carbocycles. The number of phenolic OH excluding ortho intramolecular Hbond substituents is 3. The van der Waals surface area contributed by atoms with Gasteiger partial charge in [0.25, 0.3) is 0 Å². The van der Waals surface area contributed by atoms with Crippen LogP contribution in [-0.2, 0) is 19.3 Å². The van der Waals surface area contributed by atoms with Gasteiger partial charge in [-0.15, -0.1) is 0 Å². The molecule has 3 rings (SSSR count). The van der Waals surface area contributed by atoms with Crippen molar-refractivity contribution in [1.82, 2.24) is 0 Å². The average molecular weight is 391 g/mol. The first-order chi connectivity index (χ1) is 13.7. The summed E-state index contributed by atoms with van der Waals surface area (Å²) in [4.78, 5) is 0. The molecule has 0 spiro atoms. The quantitative estimate of drug-likeness (QED) is 0.517. The summed E-state index contributed by atoms with van der Waals surface area (Å²) in [5.74, 6) is 1.05. The summed E-state index contributed by atoms with van der Waals surface area (Å²) < 4.78 is 0. The van der Waals surface area contributed by atoms with Crippen LogP contribution in [-0.4, -0.2) is 15.3 Å². The van der Waals surface area contributed by atoms with Gasteiger partial charge in [-0.3, -0.25) is 0 Å². The van der Waals surface area contributed by atoms with Gasteiger partial charge >= 0.3 is 0 Å². The molecule has 3 heteroatoms. The molecule has 0 saturated heterocycles. The van der Waals surface area contributed by atoms with Crippen molar-refractivity contribution in [3.63, 3.8) is 0 Å². The zero-order valence-electron chi connectivity index (χ0n) is 17.9. The molecular weight excluding hydrogens is 360 g/mol.